The van der Waals surface area contributed by atoms with Crippen LogP contribution in [0, 0.1) is 0 Å². The van der Waals surface area contributed by atoms with Crippen LogP contribution >= 0.6 is 11.6 Å². The summed E-state index contributed by atoms with van der Waals surface area (Å²) in [5.41, 5.74) is 0.812. The Morgan fingerprint density at radius 2 is 2.10 bits per heavy atom. The summed E-state index contributed by atoms with van der Waals surface area (Å²) >= 11 is 6.17. The minimum absolute atomic E-state index is 0.0218. The standard InChI is InChI=1S/C13H13ClN2O4S/c1-21(17,18)13-15-2-3-16(13)8-9-6-10(14)12-11(7-9)19-4-5-20-12/h2-3,6-7H,4-5,8H2,1H3. The molecule has 0 spiro atoms. The van der Waals surface area contributed by atoms with Gasteiger partial charge in [0.25, 0.3) is 0 Å². The lowest BCUT2D eigenvalue weighted by atomic mass is 10.2. The van der Waals surface area contributed by atoms with E-state index in [-0.39, 0.29) is 5.16 Å². The lowest BCUT2D eigenvalue weighted by Gasteiger charge is -2.20. The molecule has 0 saturated heterocycles. The van der Waals surface area contributed by atoms with Gasteiger partial charge in [-0.1, -0.05) is 11.6 Å². The quantitative estimate of drug-likeness (QED) is 0.858. The summed E-state index contributed by atoms with van der Waals surface area (Å²) in [5.74, 6) is 1.10. The minimum Gasteiger partial charge on any atom is -0.486 e. The Morgan fingerprint density at radius 1 is 1.33 bits per heavy atom. The van der Waals surface area contributed by atoms with Crippen LogP contribution in [0.4, 0.5) is 0 Å². The van der Waals surface area contributed by atoms with Crippen LogP contribution in [0.25, 0.3) is 0 Å². The largest absolute Gasteiger partial charge is 0.486 e. The number of nitrogens with zero attached hydrogens (tertiary/aromatic N) is 2. The monoisotopic (exact) mass is 328 g/mol. The molecule has 0 radical (unpaired) electrons. The topological polar surface area (TPSA) is 70.4 Å². The highest BCUT2D eigenvalue weighted by atomic mass is 35.5. The third kappa shape index (κ3) is 2.84. The lowest BCUT2D eigenvalue weighted by Crippen LogP contribution is -2.16. The first kappa shape index (κ1) is 14.2. The third-order valence-electron chi connectivity index (χ3n) is 3.02. The van der Waals surface area contributed by atoms with Crippen molar-refractivity contribution in [3.63, 3.8) is 0 Å². The van der Waals surface area contributed by atoms with Crippen molar-refractivity contribution in [1.29, 1.82) is 0 Å². The molecule has 1 aromatic heterocycles. The molecule has 1 aliphatic heterocycles. The summed E-state index contributed by atoms with van der Waals surface area (Å²) < 4.78 is 35.8. The van der Waals surface area contributed by atoms with E-state index in [0.29, 0.717) is 36.3 Å². The van der Waals surface area contributed by atoms with Gasteiger partial charge >= 0.3 is 0 Å². The van der Waals surface area contributed by atoms with Crippen LogP contribution in [0.2, 0.25) is 5.02 Å². The molecule has 6 nitrogen and oxygen atoms in total. The summed E-state index contributed by atoms with van der Waals surface area (Å²) in [6, 6.07) is 3.54. The van der Waals surface area contributed by atoms with E-state index in [1.54, 1.807) is 22.9 Å². The fourth-order valence-electron chi connectivity index (χ4n) is 2.20. The first-order chi connectivity index (χ1) is 9.95. The van der Waals surface area contributed by atoms with Gasteiger partial charge in [0.15, 0.2) is 11.5 Å². The van der Waals surface area contributed by atoms with Crippen molar-refractivity contribution in [2.24, 2.45) is 0 Å². The van der Waals surface area contributed by atoms with E-state index in [1.807, 2.05) is 0 Å². The number of rotatable bonds is 3. The van der Waals surface area contributed by atoms with Gasteiger partial charge in [0.2, 0.25) is 15.0 Å². The van der Waals surface area contributed by atoms with Crippen molar-refractivity contribution in [2.75, 3.05) is 19.5 Å². The zero-order valence-electron chi connectivity index (χ0n) is 11.2. The van der Waals surface area contributed by atoms with Gasteiger partial charge in [-0.15, -0.1) is 0 Å². The van der Waals surface area contributed by atoms with Gasteiger partial charge in [0.1, 0.15) is 13.2 Å². The zero-order chi connectivity index (χ0) is 15.0. The number of benzene rings is 1. The summed E-state index contributed by atoms with van der Waals surface area (Å²) in [6.07, 6.45) is 4.19. The Balaban J connectivity index is 1.96. The van der Waals surface area contributed by atoms with Gasteiger partial charge in [-0.25, -0.2) is 13.4 Å². The number of imidazole rings is 1. The molecule has 1 aliphatic rings. The molecule has 0 atom stereocenters. The molecule has 8 heteroatoms. The molecular weight excluding hydrogens is 316 g/mol. The van der Waals surface area contributed by atoms with Gasteiger partial charge in [0, 0.05) is 25.2 Å². The maximum absolute atomic E-state index is 11.7. The molecule has 2 aromatic rings. The maximum Gasteiger partial charge on any atom is 0.227 e. The van der Waals surface area contributed by atoms with Crippen molar-refractivity contribution in [1.82, 2.24) is 9.55 Å². The average Bonchev–Trinajstić information content (AvgIpc) is 2.87. The molecule has 112 valence electrons. The molecule has 0 bridgehead atoms. The van der Waals surface area contributed by atoms with Gasteiger partial charge in [0.05, 0.1) is 5.02 Å². The molecule has 0 unspecified atom stereocenters. The van der Waals surface area contributed by atoms with E-state index in [2.05, 4.69) is 4.98 Å². The second kappa shape index (κ2) is 5.23. The van der Waals surface area contributed by atoms with Crippen LogP contribution in [0.3, 0.4) is 0 Å². The highest BCUT2D eigenvalue weighted by Gasteiger charge is 2.19. The molecule has 2 heterocycles. The minimum atomic E-state index is -3.37. The Labute approximate surface area is 127 Å². The number of halogens is 1. The van der Waals surface area contributed by atoms with E-state index in [9.17, 15) is 8.42 Å². The van der Waals surface area contributed by atoms with Crippen LogP contribution in [0.1, 0.15) is 5.56 Å². The number of ether oxygens (including phenoxy) is 2. The number of hydrogen-bond acceptors (Lipinski definition) is 5. The molecular formula is C13H13ClN2O4S. The van der Waals surface area contributed by atoms with E-state index < -0.39 is 9.84 Å². The average molecular weight is 329 g/mol. The van der Waals surface area contributed by atoms with Gasteiger partial charge in [-0.05, 0) is 17.7 Å². The SMILES string of the molecule is CS(=O)(=O)c1nccn1Cc1cc(Cl)c2c(c1)OCCO2. The van der Waals surface area contributed by atoms with Crippen LogP contribution in [-0.2, 0) is 16.4 Å². The smallest absolute Gasteiger partial charge is 0.227 e. The number of fused-ring (bicyclic) bond motifs is 1. The first-order valence-corrected chi connectivity index (χ1v) is 8.51. The van der Waals surface area contributed by atoms with Gasteiger partial charge in [-0.3, -0.25) is 0 Å². The lowest BCUT2D eigenvalue weighted by molar-refractivity contribution is 0.171. The van der Waals surface area contributed by atoms with Crippen LogP contribution in [0.15, 0.2) is 29.7 Å². The maximum atomic E-state index is 11.7. The molecule has 1 aromatic carbocycles. The molecule has 0 saturated carbocycles. The molecule has 0 N–H and O–H groups in total. The predicted molar refractivity (Wildman–Crippen MR) is 76.9 cm³/mol. The third-order valence-corrected chi connectivity index (χ3v) is 4.30. The van der Waals surface area contributed by atoms with Crippen molar-refractivity contribution >= 4 is 21.4 Å². The summed E-state index contributed by atoms with van der Waals surface area (Å²) in [5, 5.41) is 0.469. The molecule has 0 fully saturated rings. The fraction of sp³-hybridized carbons (Fsp3) is 0.308. The van der Waals surface area contributed by atoms with Crippen LogP contribution < -0.4 is 9.47 Å². The van der Waals surface area contributed by atoms with Crippen molar-refractivity contribution in [3.8, 4) is 11.5 Å². The van der Waals surface area contributed by atoms with Crippen LogP contribution in [-0.4, -0.2) is 37.4 Å². The van der Waals surface area contributed by atoms with E-state index >= 15 is 0 Å². The molecule has 0 amide bonds. The number of hydrogen-bond donors (Lipinski definition) is 0. The highest BCUT2D eigenvalue weighted by molar-refractivity contribution is 7.90. The van der Waals surface area contributed by atoms with E-state index in [4.69, 9.17) is 21.1 Å². The van der Waals surface area contributed by atoms with E-state index in [0.717, 1.165) is 11.8 Å². The molecule has 0 aliphatic carbocycles. The fourth-order valence-corrected chi connectivity index (χ4v) is 3.29. The van der Waals surface area contributed by atoms with Gasteiger partial charge < -0.3 is 14.0 Å². The second-order valence-corrected chi connectivity index (χ2v) is 7.03. The number of sulfone groups is 1. The summed E-state index contributed by atoms with van der Waals surface area (Å²) in [4.78, 5) is 3.88. The second-order valence-electron chi connectivity index (χ2n) is 4.71. The van der Waals surface area contributed by atoms with Crippen molar-refractivity contribution in [3.05, 3.63) is 35.1 Å². The molecule has 3 rings (SSSR count). The normalized spacial score (nSPS) is 14.2. The summed E-state index contributed by atoms with van der Waals surface area (Å²) in [7, 11) is -3.37. The number of aromatic nitrogens is 2. The zero-order valence-corrected chi connectivity index (χ0v) is 12.8. The predicted octanol–water partition coefficient (Wildman–Crippen LogP) is 1.76. The van der Waals surface area contributed by atoms with Crippen molar-refractivity contribution < 1.29 is 17.9 Å². The Bertz CT molecular complexity index is 785. The van der Waals surface area contributed by atoms with Crippen LogP contribution in [0.5, 0.6) is 11.5 Å². The Kier molecular flexibility index (Phi) is 3.54. The Hall–Kier alpha value is -1.73. The highest BCUT2D eigenvalue weighted by Crippen LogP contribution is 2.38. The van der Waals surface area contributed by atoms with Crippen molar-refractivity contribution in [2.45, 2.75) is 11.7 Å². The van der Waals surface area contributed by atoms with Gasteiger partial charge in [-0.2, -0.15) is 0 Å². The Morgan fingerprint density at radius 3 is 2.86 bits per heavy atom. The molecule has 21 heavy (non-hydrogen) atoms. The first-order valence-electron chi connectivity index (χ1n) is 6.24. The van der Waals surface area contributed by atoms with E-state index in [1.165, 1.54) is 6.20 Å². The summed E-state index contributed by atoms with van der Waals surface area (Å²) in [6.45, 7) is 1.26.